The van der Waals surface area contributed by atoms with Gasteiger partial charge in [-0.1, -0.05) is 23.7 Å². The Kier molecular flexibility index (Phi) is 2.43. The van der Waals surface area contributed by atoms with Crippen LogP contribution < -0.4 is 0 Å². The van der Waals surface area contributed by atoms with E-state index in [1.165, 1.54) is 5.12 Å². The number of fused-ring (bicyclic) bond motifs is 1. The largest absolute Gasteiger partial charge is 0.451 e. The lowest BCUT2D eigenvalue weighted by Gasteiger charge is -1.94. The predicted molar refractivity (Wildman–Crippen MR) is 69.2 cm³/mol. The van der Waals surface area contributed by atoms with E-state index in [0.717, 1.165) is 29.9 Å². The Balaban J connectivity index is 2.15. The van der Waals surface area contributed by atoms with E-state index in [9.17, 15) is 0 Å². The summed E-state index contributed by atoms with van der Waals surface area (Å²) >= 11 is 5.86. The van der Waals surface area contributed by atoms with E-state index in [4.69, 9.17) is 16.0 Å². The summed E-state index contributed by atoms with van der Waals surface area (Å²) in [5.74, 6) is 0. The van der Waals surface area contributed by atoms with Crippen molar-refractivity contribution >= 4 is 30.5 Å². The minimum atomic E-state index is 0.747. The van der Waals surface area contributed by atoms with Gasteiger partial charge in [0, 0.05) is 15.7 Å². The number of para-hydroxylation sites is 1. The summed E-state index contributed by atoms with van der Waals surface area (Å²) in [4.78, 5) is 0. The molecule has 16 heavy (non-hydrogen) atoms. The quantitative estimate of drug-likeness (QED) is 0.565. The van der Waals surface area contributed by atoms with Crippen LogP contribution in [0.15, 0.2) is 52.9 Å². The van der Waals surface area contributed by atoms with E-state index < -0.39 is 0 Å². The molecule has 0 saturated heterocycles. The highest BCUT2D eigenvalue weighted by molar-refractivity contribution is 7.40. The van der Waals surface area contributed by atoms with Crippen molar-refractivity contribution in [1.82, 2.24) is 0 Å². The highest BCUT2D eigenvalue weighted by Crippen LogP contribution is 2.37. The first kappa shape index (κ1) is 9.89. The van der Waals surface area contributed by atoms with Crippen LogP contribution in [0, 0.1) is 0 Å². The Morgan fingerprint density at radius 2 is 1.69 bits per heavy atom. The maximum absolute atomic E-state index is 5.86. The Morgan fingerprint density at radius 1 is 0.938 bits per heavy atom. The summed E-state index contributed by atoms with van der Waals surface area (Å²) in [6.07, 6.45) is 0. The minimum Gasteiger partial charge on any atom is -0.451 e. The molecule has 0 aliphatic rings. The van der Waals surface area contributed by atoms with Crippen molar-refractivity contribution < 1.29 is 4.42 Å². The van der Waals surface area contributed by atoms with Crippen LogP contribution in [-0.4, -0.2) is 0 Å². The fourth-order valence-electron chi connectivity index (χ4n) is 1.59. The fraction of sp³-hybridized carbons (Fsp3) is 0. The van der Waals surface area contributed by atoms with Gasteiger partial charge in [-0.25, -0.2) is 0 Å². The molecule has 0 fully saturated rings. The van der Waals surface area contributed by atoms with Crippen LogP contribution in [0.1, 0.15) is 0 Å². The van der Waals surface area contributed by atoms with Crippen molar-refractivity contribution in [1.29, 1.82) is 0 Å². The topological polar surface area (TPSA) is 13.1 Å². The summed E-state index contributed by atoms with van der Waals surface area (Å²) in [5, 5.41) is 1.96. The molecule has 3 rings (SSSR count). The van der Waals surface area contributed by atoms with E-state index >= 15 is 0 Å². The van der Waals surface area contributed by atoms with Gasteiger partial charge in [-0.2, -0.15) is 0 Å². The average Bonchev–Trinajstić information content (AvgIpc) is 2.73. The summed E-state index contributed by atoms with van der Waals surface area (Å²) in [5.41, 5.74) is 3.01. The third-order valence-corrected chi connectivity index (χ3v) is 3.80. The van der Waals surface area contributed by atoms with Crippen molar-refractivity contribution in [3.63, 3.8) is 0 Å². The molecule has 0 bridgehead atoms. The standard InChI is InChI=1S/C13H8ClOP/c14-10-7-5-9(6-8-10)13-15-11-3-1-2-4-12(11)16-13/h1-8H. The van der Waals surface area contributed by atoms with Crippen molar-refractivity contribution in [2.24, 2.45) is 0 Å². The molecular weight excluding hydrogens is 239 g/mol. The molecule has 1 heterocycles. The average molecular weight is 247 g/mol. The second kappa shape index (κ2) is 3.93. The van der Waals surface area contributed by atoms with Crippen LogP contribution in [0.5, 0.6) is 0 Å². The van der Waals surface area contributed by atoms with Crippen molar-refractivity contribution in [2.45, 2.75) is 0 Å². The van der Waals surface area contributed by atoms with Gasteiger partial charge < -0.3 is 4.42 Å². The molecule has 0 unspecified atom stereocenters. The van der Waals surface area contributed by atoms with Gasteiger partial charge in [-0.15, -0.1) is 0 Å². The second-order valence-electron chi connectivity index (χ2n) is 3.49. The first-order chi connectivity index (χ1) is 7.83. The summed E-state index contributed by atoms with van der Waals surface area (Å²) < 4.78 is 5.79. The normalized spacial score (nSPS) is 11.3. The fourth-order valence-corrected chi connectivity index (χ4v) is 2.75. The van der Waals surface area contributed by atoms with Gasteiger partial charge in [0.25, 0.3) is 0 Å². The van der Waals surface area contributed by atoms with Crippen LogP contribution in [0.2, 0.25) is 5.02 Å². The highest BCUT2D eigenvalue weighted by Gasteiger charge is 2.05. The highest BCUT2D eigenvalue weighted by atomic mass is 35.5. The SMILES string of the molecule is Clc1ccc(-c2oc3ccccc3p2)cc1. The monoisotopic (exact) mass is 246 g/mol. The van der Waals surface area contributed by atoms with Gasteiger partial charge in [0.15, 0.2) is 5.49 Å². The molecule has 1 nitrogen and oxygen atoms in total. The third-order valence-electron chi connectivity index (χ3n) is 2.39. The number of hydrogen-bond acceptors (Lipinski definition) is 1. The zero-order valence-electron chi connectivity index (χ0n) is 8.35. The summed E-state index contributed by atoms with van der Waals surface area (Å²) in [7, 11) is 1.12. The smallest absolute Gasteiger partial charge is 0.161 e. The van der Waals surface area contributed by atoms with E-state index in [1.54, 1.807) is 0 Å². The second-order valence-corrected chi connectivity index (χ2v) is 5.04. The first-order valence-corrected chi connectivity index (χ1v) is 6.22. The predicted octanol–water partition coefficient (Wildman–Crippen LogP) is 5.33. The molecule has 3 heteroatoms. The number of benzene rings is 2. The molecule has 0 spiro atoms. The van der Waals surface area contributed by atoms with Gasteiger partial charge in [0.2, 0.25) is 0 Å². The van der Waals surface area contributed by atoms with Gasteiger partial charge in [0.1, 0.15) is 5.58 Å². The minimum absolute atomic E-state index is 0.747. The third kappa shape index (κ3) is 1.73. The van der Waals surface area contributed by atoms with Crippen molar-refractivity contribution in [3.05, 3.63) is 53.6 Å². The number of rotatable bonds is 1. The van der Waals surface area contributed by atoms with Crippen LogP contribution in [-0.2, 0) is 0 Å². The van der Waals surface area contributed by atoms with E-state index in [-0.39, 0.29) is 0 Å². The molecule has 0 saturated carbocycles. The van der Waals surface area contributed by atoms with Crippen LogP contribution >= 0.6 is 19.8 Å². The lowest BCUT2D eigenvalue weighted by atomic mass is 10.2. The summed E-state index contributed by atoms with van der Waals surface area (Å²) in [6, 6.07) is 15.8. The Morgan fingerprint density at radius 3 is 2.44 bits per heavy atom. The van der Waals surface area contributed by atoms with Gasteiger partial charge in [0.05, 0.1) is 0 Å². The maximum Gasteiger partial charge on any atom is 0.161 e. The maximum atomic E-state index is 5.86. The van der Waals surface area contributed by atoms with E-state index in [2.05, 4.69) is 6.07 Å². The number of halogens is 1. The summed E-state index contributed by atoms with van der Waals surface area (Å²) in [6.45, 7) is 0. The molecule has 0 aliphatic carbocycles. The molecule has 2 aromatic carbocycles. The number of hydrogen-bond donors (Lipinski definition) is 0. The first-order valence-electron chi connectivity index (χ1n) is 4.94. The molecule has 0 atom stereocenters. The molecule has 0 amide bonds. The van der Waals surface area contributed by atoms with Crippen LogP contribution in [0.4, 0.5) is 0 Å². The van der Waals surface area contributed by atoms with E-state index in [0.29, 0.717) is 0 Å². The molecule has 0 radical (unpaired) electrons. The van der Waals surface area contributed by atoms with Gasteiger partial charge >= 0.3 is 0 Å². The Labute approximate surface area is 99.8 Å². The molecule has 0 aliphatic heterocycles. The van der Waals surface area contributed by atoms with Crippen LogP contribution in [0.25, 0.3) is 21.8 Å². The van der Waals surface area contributed by atoms with E-state index in [1.807, 2.05) is 42.5 Å². The van der Waals surface area contributed by atoms with Crippen molar-refractivity contribution in [2.75, 3.05) is 0 Å². The van der Waals surface area contributed by atoms with Gasteiger partial charge in [-0.05, 0) is 44.6 Å². The molecule has 3 aromatic rings. The molecule has 1 aromatic heterocycles. The lowest BCUT2D eigenvalue weighted by Crippen LogP contribution is -1.69. The molecular formula is C13H8ClOP. The lowest BCUT2D eigenvalue weighted by molar-refractivity contribution is 0.639. The Hall–Kier alpha value is -1.30. The zero-order valence-corrected chi connectivity index (χ0v) is 10.0. The van der Waals surface area contributed by atoms with Gasteiger partial charge in [-0.3, -0.25) is 0 Å². The van der Waals surface area contributed by atoms with Crippen LogP contribution in [0.3, 0.4) is 0 Å². The molecule has 0 N–H and O–H groups in total. The zero-order chi connectivity index (χ0) is 11.0. The molecule has 78 valence electrons. The Bertz CT molecular complexity index is 595. The van der Waals surface area contributed by atoms with Crippen molar-refractivity contribution in [3.8, 4) is 11.1 Å².